The Morgan fingerprint density at radius 1 is 0.802 bits per heavy atom. The normalized spacial score (nSPS) is 19.0. The Hall–Kier alpha value is -7.46. The van der Waals surface area contributed by atoms with E-state index < -0.39 is 82.8 Å². The molecule has 3 aromatic carbocycles. The van der Waals surface area contributed by atoms with Crippen LogP contribution in [-0.2, 0) is 47.3 Å². The van der Waals surface area contributed by atoms with Gasteiger partial charge >= 0.3 is 5.97 Å². The van der Waals surface area contributed by atoms with Gasteiger partial charge in [0.15, 0.2) is 6.17 Å². The Morgan fingerprint density at radius 3 is 2.26 bits per heavy atom. The minimum absolute atomic E-state index is 0.0178. The zero-order valence-electron chi connectivity index (χ0n) is 47.3. The van der Waals surface area contributed by atoms with Gasteiger partial charge in [-0.05, 0) is 106 Å². The average Bonchev–Trinajstić information content (AvgIpc) is 1.98. The fraction of sp³-hybridized carbons (Fsp3) is 0.410. The van der Waals surface area contributed by atoms with Crippen LogP contribution in [0.15, 0.2) is 147 Å². The second-order valence-electron chi connectivity index (χ2n) is 20.8. The number of aromatic nitrogens is 1. The number of allylic oxidation sites excluding steroid dienone is 7. The standard InChI is InChI=1S/C61H75N7O16S2/c69-40-50(71)59(76)58(75)49(70)39-64-60(77)47(68-85(78)45-20-13-25-54(63-38-45)67-65-37-42-18-5-6-24-53(42)86(79,80)81)21-8-10-30-62-55(72)26-15-33-83-52-23-14-22-51(46(52)27-28-57(73)74)82-31-11-2-12-32-84-56-35-44(61-29-9-7-19-43(61)36-61)34-48(66-56)41-16-3-1-4-17-41/h1,3-7,9,13-14,16-20,22-25,29,34-35,37-38,43,47,49-50,54,58-59,67-71,75-76H,2,8,10-12,15,21,26-28,30-33,36,39-40H2,(H,62,72)(H,64,77)(H,73,74)(H,79,80,81)/b65-37+. The van der Waals surface area contributed by atoms with E-state index in [2.05, 4.69) is 67.3 Å². The fourth-order valence-corrected chi connectivity index (χ4v) is 11.2. The summed E-state index contributed by atoms with van der Waals surface area (Å²) in [6.45, 7) is -0.263. The van der Waals surface area contributed by atoms with Crippen LogP contribution in [-0.4, -0.2) is 159 Å². The maximum Gasteiger partial charge on any atom is 0.303 e. The summed E-state index contributed by atoms with van der Waals surface area (Å²) in [5.74, 6) is 0.0628. The van der Waals surface area contributed by atoms with Gasteiger partial charge in [0.25, 0.3) is 10.1 Å². The van der Waals surface area contributed by atoms with Crippen LogP contribution in [0, 0.1) is 5.92 Å². The van der Waals surface area contributed by atoms with Crippen LogP contribution in [0.5, 0.6) is 17.4 Å². The van der Waals surface area contributed by atoms with Crippen LogP contribution in [0.4, 0.5) is 0 Å². The third kappa shape index (κ3) is 19.8. The van der Waals surface area contributed by atoms with E-state index in [0.29, 0.717) is 61.3 Å². The van der Waals surface area contributed by atoms with Crippen molar-refractivity contribution >= 4 is 51.3 Å². The summed E-state index contributed by atoms with van der Waals surface area (Å²) in [4.78, 5) is 47.0. The third-order valence-corrected chi connectivity index (χ3v) is 16.5. The molecule has 1 aromatic heterocycles. The van der Waals surface area contributed by atoms with Gasteiger partial charge in [-0.2, -0.15) is 13.5 Å². The number of rotatable bonds is 37. The largest absolute Gasteiger partial charge is 0.493 e. The highest BCUT2D eigenvalue weighted by Crippen LogP contribution is 2.58. The fourth-order valence-electron chi connectivity index (χ4n) is 9.58. The first-order chi connectivity index (χ1) is 41.4. The molecular formula is C61H75N7O16S2. The molecule has 2 aliphatic carbocycles. The molecule has 2 heterocycles. The van der Waals surface area contributed by atoms with E-state index in [0.717, 1.165) is 36.9 Å². The highest BCUT2D eigenvalue weighted by molar-refractivity contribution is 7.88. The van der Waals surface area contributed by atoms with Crippen LogP contribution in [0.25, 0.3) is 11.3 Å². The number of ether oxygens (including phenoxy) is 3. The highest BCUT2D eigenvalue weighted by atomic mass is 32.2. The van der Waals surface area contributed by atoms with Gasteiger partial charge in [-0.25, -0.2) is 13.9 Å². The average molecular weight is 1230 g/mol. The van der Waals surface area contributed by atoms with Gasteiger partial charge in [-0.15, -0.1) is 0 Å². The Kier molecular flexibility index (Phi) is 25.3. The number of hydrogen-bond donors (Lipinski definition) is 11. The van der Waals surface area contributed by atoms with Crippen molar-refractivity contribution in [2.24, 2.45) is 16.0 Å². The molecule has 0 spiro atoms. The summed E-state index contributed by atoms with van der Waals surface area (Å²) < 4.78 is 68.0. The maximum atomic E-state index is 13.7. The second kappa shape index (κ2) is 32.9. The number of aliphatic hydroxyl groups is 5. The summed E-state index contributed by atoms with van der Waals surface area (Å²) >= 11 is 0. The molecule has 2 amide bonds. The van der Waals surface area contributed by atoms with E-state index in [1.165, 1.54) is 48.3 Å². The number of hydrogen-bond acceptors (Lipinski definition) is 18. The number of carboxylic acid groups (broad SMARTS) is 1. The van der Waals surface area contributed by atoms with Gasteiger partial charge < -0.3 is 55.5 Å². The number of nitrogens with zero attached hydrogens (tertiary/aromatic N) is 3. The zero-order chi connectivity index (χ0) is 61.5. The number of pyridine rings is 1. The Morgan fingerprint density at radius 2 is 1.52 bits per heavy atom. The van der Waals surface area contributed by atoms with E-state index >= 15 is 0 Å². The van der Waals surface area contributed by atoms with Crippen LogP contribution >= 0.6 is 0 Å². The van der Waals surface area contributed by atoms with Crippen LogP contribution in [0.3, 0.4) is 0 Å². The van der Waals surface area contributed by atoms with Crippen molar-refractivity contribution in [2.45, 2.75) is 118 Å². The number of aliphatic carboxylic acids is 1. The molecule has 0 radical (unpaired) electrons. The zero-order valence-corrected chi connectivity index (χ0v) is 48.9. The quantitative estimate of drug-likeness (QED) is 0.0131. The number of amides is 2. The molecule has 0 bridgehead atoms. The van der Waals surface area contributed by atoms with Crippen molar-refractivity contribution < 1.29 is 76.4 Å². The van der Waals surface area contributed by atoms with Gasteiger partial charge in [0.2, 0.25) is 17.7 Å². The van der Waals surface area contributed by atoms with Gasteiger partial charge in [-0.1, -0.05) is 85.0 Å². The maximum absolute atomic E-state index is 13.7. The number of nitrogens with one attached hydrogen (secondary N) is 4. The molecule has 462 valence electrons. The molecule has 9 unspecified atom stereocenters. The van der Waals surface area contributed by atoms with Crippen molar-refractivity contribution in [3.05, 3.63) is 149 Å². The Bertz CT molecular complexity index is 3250. The third-order valence-electron chi connectivity index (χ3n) is 14.5. The molecule has 9 atom stereocenters. The van der Waals surface area contributed by atoms with E-state index in [4.69, 9.17) is 24.3 Å². The van der Waals surface area contributed by atoms with Crippen molar-refractivity contribution in [1.29, 1.82) is 0 Å². The lowest BCUT2D eigenvalue weighted by Crippen LogP contribution is -2.52. The predicted octanol–water partition coefficient (Wildman–Crippen LogP) is 4.12. The molecule has 0 saturated heterocycles. The van der Waals surface area contributed by atoms with E-state index in [1.807, 2.05) is 30.3 Å². The number of carboxylic acids is 1. The summed E-state index contributed by atoms with van der Waals surface area (Å²) in [7, 11) is -6.59. The first kappa shape index (κ1) is 66.1. The van der Waals surface area contributed by atoms with Crippen molar-refractivity contribution in [3.63, 3.8) is 0 Å². The number of aliphatic imine (C=N–C) groups is 1. The first-order valence-corrected chi connectivity index (χ1v) is 31.0. The molecule has 23 nitrogen and oxygen atoms in total. The smallest absolute Gasteiger partial charge is 0.303 e. The van der Waals surface area contributed by atoms with E-state index in [1.54, 1.807) is 30.3 Å². The number of fused-ring (bicyclic) bond motifs is 1. The number of carbonyl (C=O) groups excluding carboxylic acids is 2. The minimum atomic E-state index is -4.52. The second-order valence-corrected chi connectivity index (χ2v) is 23.4. The number of hydrazone groups is 1. The molecule has 11 N–H and O–H groups in total. The van der Waals surface area contributed by atoms with Crippen LogP contribution in [0.1, 0.15) is 80.9 Å². The number of unbranched alkanes of at least 4 members (excludes halogenated alkanes) is 3. The summed E-state index contributed by atoms with van der Waals surface area (Å²) in [6, 6.07) is 24.1. The summed E-state index contributed by atoms with van der Waals surface area (Å²) in [5, 5.41) is 68.5. The highest BCUT2D eigenvalue weighted by Gasteiger charge is 2.53. The topological polar surface area (TPSA) is 357 Å². The summed E-state index contributed by atoms with van der Waals surface area (Å²) in [5.41, 5.74) is 6.51. The first-order valence-electron chi connectivity index (χ1n) is 28.4. The molecule has 4 aromatic rings. The SMILES string of the molecule is O=C(O)CCc1c(OCCCCCOc2cc(C34C=CC=CC3C4)cc(-c3ccccc3)n2)cccc1OCCCC(=O)NCCCCC(NS(=O)C1=CC=CC(N/N=C/c2ccccc2S(=O)(=O)O)N=C1)C(=O)NCC(O)C(O)C(O)C(O)CO. The molecule has 1 saturated carbocycles. The molecule has 86 heavy (non-hydrogen) atoms. The number of aliphatic hydroxyl groups excluding tert-OH is 5. The van der Waals surface area contributed by atoms with E-state index in [-0.39, 0.29) is 65.5 Å². The lowest BCUT2D eigenvalue weighted by molar-refractivity contribution is -0.137. The summed E-state index contributed by atoms with van der Waals surface area (Å²) in [6.07, 6.45) is 12.1. The lowest BCUT2D eigenvalue weighted by Gasteiger charge is -2.26. The van der Waals surface area contributed by atoms with Gasteiger partial charge in [-0.3, -0.25) is 29.4 Å². The molecular weight excluding hydrogens is 1150 g/mol. The Balaban J connectivity index is 0.843. The minimum Gasteiger partial charge on any atom is -0.493 e. The molecule has 7 rings (SSSR count). The lowest BCUT2D eigenvalue weighted by atomic mass is 9.90. The molecule has 1 fully saturated rings. The van der Waals surface area contributed by atoms with Crippen molar-refractivity contribution in [3.8, 4) is 28.6 Å². The van der Waals surface area contributed by atoms with E-state index in [9.17, 15) is 57.1 Å². The monoisotopic (exact) mass is 1230 g/mol. The van der Waals surface area contributed by atoms with Crippen molar-refractivity contribution in [2.75, 3.05) is 39.5 Å². The van der Waals surface area contributed by atoms with Gasteiger partial charge in [0.05, 0.1) is 55.4 Å². The Labute approximate surface area is 502 Å². The van der Waals surface area contributed by atoms with Gasteiger partial charge in [0.1, 0.15) is 45.7 Å². The number of carbonyl (C=O) groups is 3. The molecule has 25 heteroatoms. The number of benzene rings is 3. The predicted molar refractivity (Wildman–Crippen MR) is 322 cm³/mol. The van der Waals surface area contributed by atoms with Crippen LogP contribution < -0.4 is 35.0 Å². The van der Waals surface area contributed by atoms with Crippen molar-refractivity contribution in [1.82, 2.24) is 25.8 Å². The van der Waals surface area contributed by atoms with Gasteiger partial charge in [0, 0.05) is 60.3 Å². The molecule has 3 aliphatic rings. The van der Waals surface area contributed by atoms with Crippen LogP contribution in [0.2, 0.25) is 0 Å². The molecule has 1 aliphatic heterocycles.